The molecule has 0 aliphatic carbocycles. The standard InChI is InChI=1S/C35H58O8/c1-19(2)33-24(7)27(36)18-29(42-33)25(8)32(38)26(9)34-28(40-10)14-12-13-20(3)15-22(5)31(37)23(6)16-21(4)17-30(41-11)35(39)43-34/h12-14,16-17,19,22-29,31-34,36-38H,15,18H2,1-11H3/t22-,23-,24+,25-,26+,27-,28+,29-,31+,32+,33-,34-/m1/s1. The van der Waals surface area contributed by atoms with E-state index in [-0.39, 0.29) is 47.6 Å². The minimum absolute atomic E-state index is 0.00224. The van der Waals surface area contributed by atoms with E-state index in [1.54, 1.807) is 13.2 Å². The van der Waals surface area contributed by atoms with Crippen molar-refractivity contribution in [3.8, 4) is 0 Å². The number of carbonyl (C=O) groups is 1. The van der Waals surface area contributed by atoms with Crippen LogP contribution in [0.15, 0.2) is 47.3 Å². The lowest BCUT2D eigenvalue weighted by Gasteiger charge is -2.44. The van der Waals surface area contributed by atoms with Gasteiger partial charge in [-0.05, 0) is 38.2 Å². The summed E-state index contributed by atoms with van der Waals surface area (Å²) in [5.41, 5.74) is 1.85. The van der Waals surface area contributed by atoms with Gasteiger partial charge in [0.25, 0.3) is 0 Å². The second kappa shape index (κ2) is 16.9. The molecule has 0 amide bonds. The Kier molecular flexibility index (Phi) is 14.6. The summed E-state index contributed by atoms with van der Waals surface area (Å²) in [7, 11) is 2.95. The molecule has 0 spiro atoms. The van der Waals surface area contributed by atoms with Crippen LogP contribution in [0.3, 0.4) is 0 Å². The zero-order valence-corrected chi connectivity index (χ0v) is 28.2. The molecule has 0 radical (unpaired) electrons. The smallest absolute Gasteiger partial charge is 0.373 e. The minimum atomic E-state index is -0.926. The van der Waals surface area contributed by atoms with Gasteiger partial charge in [-0.15, -0.1) is 0 Å². The first-order valence-corrected chi connectivity index (χ1v) is 15.8. The van der Waals surface area contributed by atoms with Crippen LogP contribution in [0.25, 0.3) is 0 Å². The fourth-order valence-corrected chi connectivity index (χ4v) is 6.54. The van der Waals surface area contributed by atoms with Gasteiger partial charge < -0.3 is 34.3 Å². The molecule has 2 rings (SSSR count). The van der Waals surface area contributed by atoms with E-state index in [0.29, 0.717) is 12.8 Å². The van der Waals surface area contributed by atoms with Crippen LogP contribution in [0.2, 0.25) is 0 Å². The molecule has 1 fully saturated rings. The summed E-state index contributed by atoms with van der Waals surface area (Å²) in [6, 6.07) is 0. The molecule has 2 aliphatic heterocycles. The van der Waals surface area contributed by atoms with Crippen molar-refractivity contribution in [1.29, 1.82) is 0 Å². The van der Waals surface area contributed by atoms with E-state index in [1.165, 1.54) is 7.11 Å². The molecule has 0 aromatic heterocycles. The normalized spacial score (nSPS) is 35.7. The zero-order chi connectivity index (χ0) is 32.6. The molecule has 43 heavy (non-hydrogen) atoms. The Morgan fingerprint density at radius 2 is 1.65 bits per heavy atom. The van der Waals surface area contributed by atoms with Crippen LogP contribution in [0.5, 0.6) is 0 Å². The maximum absolute atomic E-state index is 13.5. The number of ether oxygens (including phenoxy) is 4. The Hall–Kier alpha value is -1.97. The van der Waals surface area contributed by atoms with Crippen LogP contribution >= 0.6 is 0 Å². The molecule has 2 aliphatic rings. The minimum Gasteiger partial charge on any atom is -0.490 e. The lowest BCUT2D eigenvalue weighted by molar-refractivity contribution is -0.184. The molecule has 0 saturated carbocycles. The highest BCUT2D eigenvalue weighted by molar-refractivity contribution is 5.87. The second-order valence-corrected chi connectivity index (χ2v) is 13.4. The summed E-state index contributed by atoms with van der Waals surface area (Å²) >= 11 is 0. The number of esters is 1. The van der Waals surface area contributed by atoms with E-state index < -0.39 is 42.4 Å². The first-order valence-electron chi connectivity index (χ1n) is 15.8. The Labute approximate surface area is 259 Å². The van der Waals surface area contributed by atoms with Crippen LogP contribution in [-0.2, 0) is 23.7 Å². The zero-order valence-electron chi connectivity index (χ0n) is 28.2. The van der Waals surface area contributed by atoms with Gasteiger partial charge in [-0.1, -0.05) is 83.9 Å². The van der Waals surface area contributed by atoms with Gasteiger partial charge in [0.15, 0.2) is 0 Å². The predicted octanol–water partition coefficient (Wildman–Crippen LogP) is 5.37. The van der Waals surface area contributed by atoms with Gasteiger partial charge in [-0.25, -0.2) is 4.79 Å². The van der Waals surface area contributed by atoms with Crippen molar-refractivity contribution in [3.05, 3.63) is 47.3 Å². The van der Waals surface area contributed by atoms with Crippen LogP contribution in [0.1, 0.15) is 75.2 Å². The van der Waals surface area contributed by atoms with Crippen molar-refractivity contribution in [3.63, 3.8) is 0 Å². The summed E-state index contributed by atoms with van der Waals surface area (Å²) in [4.78, 5) is 13.5. The molecule has 0 aromatic carbocycles. The Balaban J connectivity index is 2.47. The highest BCUT2D eigenvalue weighted by Gasteiger charge is 2.43. The first-order chi connectivity index (χ1) is 20.1. The molecule has 0 unspecified atom stereocenters. The summed E-state index contributed by atoms with van der Waals surface area (Å²) in [6.07, 6.45) is 6.31. The third-order valence-corrected chi connectivity index (χ3v) is 9.36. The summed E-state index contributed by atoms with van der Waals surface area (Å²) in [5.74, 6) is -1.48. The van der Waals surface area contributed by atoms with E-state index in [1.807, 2.05) is 72.8 Å². The maximum atomic E-state index is 13.5. The van der Waals surface area contributed by atoms with Gasteiger partial charge in [0.1, 0.15) is 12.2 Å². The summed E-state index contributed by atoms with van der Waals surface area (Å²) in [5, 5.41) is 33.4. The van der Waals surface area contributed by atoms with Crippen molar-refractivity contribution < 1.29 is 39.1 Å². The van der Waals surface area contributed by atoms with E-state index in [4.69, 9.17) is 18.9 Å². The number of hydrogen-bond acceptors (Lipinski definition) is 8. The van der Waals surface area contributed by atoms with Gasteiger partial charge in [-0.3, -0.25) is 0 Å². The number of rotatable bonds is 7. The van der Waals surface area contributed by atoms with E-state index >= 15 is 0 Å². The lowest BCUT2D eigenvalue weighted by atomic mass is 9.78. The van der Waals surface area contributed by atoms with Gasteiger partial charge in [-0.2, -0.15) is 0 Å². The number of carbonyl (C=O) groups excluding carboxylic acids is 1. The Morgan fingerprint density at radius 3 is 2.23 bits per heavy atom. The average molecular weight is 607 g/mol. The third kappa shape index (κ3) is 10.0. The predicted molar refractivity (Wildman–Crippen MR) is 169 cm³/mol. The fraction of sp³-hybridized carbons (Fsp3) is 0.743. The van der Waals surface area contributed by atoms with Crippen LogP contribution < -0.4 is 0 Å². The summed E-state index contributed by atoms with van der Waals surface area (Å²) in [6.45, 7) is 17.8. The number of aliphatic hydroxyl groups excluding tert-OH is 3. The number of hydrogen-bond donors (Lipinski definition) is 3. The topological polar surface area (TPSA) is 115 Å². The number of aliphatic hydroxyl groups is 3. The fourth-order valence-electron chi connectivity index (χ4n) is 6.54. The van der Waals surface area contributed by atoms with Crippen LogP contribution in [0.4, 0.5) is 0 Å². The van der Waals surface area contributed by atoms with Gasteiger partial charge >= 0.3 is 5.97 Å². The van der Waals surface area contributed by atoms with E-state index in [0.717, 1.165) is 11.1 Å². The SMILES string of the molecule is COC1=CC(C)=C[C@@H](C)[C@@H](O)[C@H](C)CC(C)=CC=C[C@H](OC)[C@@H]([C@@H](C)[C@@H](O)[C@H](C)[C@H]2C[C@@H](O)[C@H](C)[C@@H](C(C)C)O2)OC1=O. The maximum Gasteiger partial charge on any atom is 0.373 e. The Bertz CT molecular complexity index is 1010. The molecule has 3 N–H and O–H groups in total. The average Bonchev–Trinajstić information content (AvgIpc) is 2.95. The molecule has 8 heteroatoms. The second-order valence-electron chi connectivity index (χ2n) is 13.4. The molecular weight excluding hydrogens is 548 g/mol. The molecule has 12 atom stereocenters. The van der Waals surface area contributed by atoms with E-state index in [9.17, 15) is 20.1 Å². The van der Waals surface area contributed by atoms with Crippen LogP contribution in [0, 0.1) is 35.5 Å². The van der Waals surface area contributed by atoms with Gasteiger partial charge in [0.2, 0.25) is 5.76 Å². The van der Waals surface area contributed by atoms with Crippen molar-refractivity contribution in [2.24, 2.45) is 35.5 Å². The molecule has 1 saturated heterocycles. The first kappa shape index (κ1) is 37.2. The molecule has 8 nitrogen and oxygen atoms in total. The molecule has 0 aromatic rings. The van der Waals surface area contributed by atoms with Gasteiger partial charge in [0.05, 0.1) is 37.6 Å². The third-order valence-electron chi connectivity index (χ3n) is 9.36. The molecular formula is C35H58O8. The van der Waals surface area contributed by atoms with Crippen molar-refractivity contribution >= 4 is 5.97 Å². The molecule has 0 bridgehead atoms. The molecule has 2 heterocycles. The monoisotopic (exact) mass is 606 g/mol. The molecule has 246 valence electrons. The van der Waals surface area contributed by atoms with E-state index in [2.05, 4.69) is 13.8 Å². The highest BCUT2D eigenvalue weighted by atomic mass is 16.6. The largest absolute Gasteiger partial charge is 0.490 e. The quantitative estimate of drug-likeness (QED) is 0.332. The van der Waals surface area contributed by atoms with Crippen molar-refractivity contribution in [2.45, 2.75) is 118 Å². The number of allylic oxidation sites excluding steroid dienone is 5. The van der Waals surface area contributed by atoms with Gasteiger partial charge in [0, 0.05) is 37.2 Å². The van der Waals surface area contributed by atoms with Crippen molar-refractivity contribution in [2.75, 3.05) is 14.2 Å². The van der Waals surface area contributed by atoms with Crippen molar-refractivity contribution in [1.82, 2.24) is 0 Å². The summed E-state index contributed by atoms with van der Waals surface area (Å²) < 4.78 is 23.8. The highest BCUT2D eigenvalue weighted by Crippen LogP contribution is 2.36. The number of cyclic esters (lactones) is 1. The Morgan fingerprint density at radius 1 is 1.00 bits per heavy atom. The number of methoxy groups -OCH3 is 2. The lowest BCUT2D eigenvalue weighted by Crippen LogP contribution is -2.51. The van der Waals surface area contributed by atoms with Crippen LogP contribution in [-0.4, -0.2) is 78.2 Å².